The third kappa shape index (κ3) is 1.74. The van der Waals surface area contributed by atoms with Crippen LogP contribution in [0.4, 0.5) is 11.4 Å². The van der Waals surface area contributed by atoms with E-state index in [1.165, 1.54) is 0 Å². The molecule has 0 saturated carbocycles. The molecule has 1 aromatic carbocycles. The summed E-state index contributed by atoms with van der Waals surface area (Å²) in [7, 11) is 1.10. The second kappa shape index (κ2) is 4.22. The molecule has 1 rings (SSSR count). The van der Waals surface area contributed by atoms with Gasteiger partial charge in [0.1, 0.15) is 11.6 Å². The van der Waals surface area contributed by atoms with E-state index >= 15 is 0 Å². The first-order chi connectivity index (χ1) is 7.52. The zero-order valence-electron chi connectivity index (χ0n) is 8.04. The zero-order chi connectivity index (χ0) is 12.3. The van der Waals surface area contributed by atoms with Crippen LogP contribution >= 0.6 is 0 Å². The van der Waals surface area contributed by atoms with Gasteiger partial charge in [-0.1, -0.05) is 0 Å². The van der Waals surface area contributed by atoms with Gasteiger partial charge in [0.15, 0.2) is 0 Å². The molecular formula is C8H5N3O5. The lowest BCUT2D eigenvalue weighted by molar-refractivity contribution is -0.423. The van der Waals surface area contributed by atoms with Crippen LogP contribution in [0.2, 0.25) is 0 Å². The summed E-state index contributed by atoms with van der Waals surface area (Å²) in [6.45, 7) is 0. The lowest BCUT2D eigenvalue weighted by Gasteiger charge is -2.03. The van der Waals surface area contributed by atoms with Gasteiger partial charge >= 0.3 is 11.4 Å². The fourth-order valence-electron chi connectivity index (χ4n) is 1.18. The number of methoxy groups -OCH3 is 1. The summed E-state index contributed by atoms with van der Waals surface area (Å²) in [5.41, 5.74) is -1.65. The predicted octanol–water partition coefficient (Wildman–Crippen LogP) is 1.38. The molecule has 0 radical (unpaired) electrons. The van der Waals surface area contributed by atoms with Crippen LogP contribution in [0.25, 0.3) is 0 Å². The SMILES string of the molecule is COc1c(C#N)ccc([N+](=O)[O-])c1[N+](=O)[O-]. The number of hydrogen-bond donors (Lipinski definition) is 0. The highest BCUT2D eigenvalue weighted by molar-refractivity contribution is 5.67. The normalized spacial score (nSPS) is 9.25. The van der Waals surface area contributed by atoms with Gasteiger partial charge in [-0.25, -0.2) is 0 Å². The molecule has 0 amide bonds. The Balaban J connectivity index is 3.65. The summed E-state index contributed by atoms with van der Waals surface area (Å²) in [5, 5.41) is 29.9. The third-order valence-electron chi connectivity index (χ3n) is 1.81. The highest BCUT2D eigenvalue weighted by Gasteiger charge is 2.31. The predicted molar refractivity (Wildman–Crippen MR) is 51.0 cm³/mol. The van der Waals surface area contributed by atoms with Crippen molar-refractivity contribution in [2.45, 2.75) is 0 Å². The molecule has 0 aliphatic rings. The van der Waals surface area contributed by atoms with E-state index in [2.05, 4.69) is 4.74 Å². The van der Waals surface area contributed by atoms with Crippen molar-refractivity contribution in [1.29, 1.82) is 5.26 Å². The van der Waals surface area contributed by atoms with E-state index in [0.717, 1.165) is 19.2 Å². The van der Waals surface area contributed by atoms with Crippen molar-refractivity contribution in [3.05, 3.63) is 37.9 Å². The van der Waals surface area contributed by atoms with Crippen LogP contribution in [0, 0.1) is 31.6 Å². The number of nitriles is 1. The summed E-state index contributed by atoms with van der Waals surface area (Å²) in [5.74, 6) is -0.401. The largest absolute Gasteiger partial charge is 0.489 e. The van der Waals surface area contributed by atoms with Gasteiger partial charge in [-0.15, -0.1) is 0 Å². The summed E-state index contributed by atoms with van der Waals surface area (Å²) >= 11 is 0. The third-order valence-corrected chi connectivity index (χ3v) is 1.81. The van der Waals surface area contributed by atoms with Gasteiger partial charge in [-0.2, -0.15) is 5.26 Å². The average molecular weight is 223 g/mol. The van der Waals surface area contributed by atoms with Crippen molar-refractivity contribution in [2.75, 3.05) is 7.11 Å². The standard InChI is InChI=1S/C8H5N3O5/c1-16-8-5(4-9)2-3-6(10(12)13)7(8)11(14)15/h2-3H,1H3. The molecule has 0 aliphatic heterocycles. The van der Waals surface area contributed by atoms with Crippen molar-refractivity contribution in [2.24, 2.45) is 0 Å². The van der Waals surface area contributed by atoms with Gasteiger partial charge in [0.05, 0.1) is 17.0 Å². The number of nitrogens with zero attached hydrogens (tertiary/aromatic N) is 3. The molecule has 0 aromatic heterocycles. The van der Waals surface area contributed by atoms with Gasteiger partial charge in [-0.05, 0) is 6.07 Å². The van der Waals surface area contributed by atoms with E-state index < -0.39 is 27.0 Å². The number of hydrogen-bond acceptors (Lipinski definition) is 6. The molecule has 1 aromatic rings. The second-order valence-corrected chi connectivity index (χ2v) is 2.64. The Morgan fingerprint density at radius 3 is 2.31 bits per heavy atom. The van der Waals surface area contributed by atoms with Crippen LogP contribution < -0.4 is 4.74 Å². The smallest absolute Gasteiger partial charge is 0.388 e. The number of ether oxygens (including phenoxy) is 1. The average Bonchev–Trinajstić information content (AvgIpc) is 2.26. The van der Waals surface area contributed by atoms with E-state index in [0.29, 0.717) is 0 Å². The summed E-state index contributed by atoms with van der Waals surface area (Å²) in [4.78, 5) is 19.4. The quantitative estimate of drug-likeness (QED) is 0.563. The van der Waals surface area contributed by atoms with Crippen LogP contribution in [-0.4, -0.2) is 17.0 Å². The minimum absolute atomic E-state index is 0.125. The molecule has 0 N–H and O–H groups in total. The van der Waals surface area contributed by atoms with Crippen molar-refractivity contribution >= 4 is 11.4 Å². The molecule has 0 fully saturated rings. The summed E-state index contributed by atoms with van der Waals surface area (Å²) < 4.78 is 4.65. The number of nitro benzene ring substituents is 2. The molecule has 0 saturated heterocycles. The van der Waals surface area contributed by atoms with E-state index in [1.807, 2.05) is 0 Å². The molecule has 0 spiro atoms. The molecule has 0 bridgehead atoms. The van der Waals surface area contributed by atoms with E-state index in [4.69, 9.17) is 5.26 Å². The first kappa shape index (κ1) is 11.4. The molecule has 16 heavy (non-hydrogen) atoms. The van der Waals surface area contributed by atoms with Crippen molar-refractivity contribution in [3.8, 4) is 11.8 Å². The fourth-order valence-corrected chi connectivity index (χ4v) is 1.18. The highest BCUT2D eigenvalue weighted by Crippen LogP contribution is 2.38. The first-order valence-corrected chi connectivity index (χ1v) is 3.92. The maximum absolute atomic E-state index is 10.7. The lowest BCUT2D eigenvalue weighted by atomic mass is 10.1. The fraction of sp³-hybridized carbons (Fsp3) is 0.125. The Labute approximate surface area is 89.0 Å². The lowest BCUT2D eigenvalue weighted by Crippen LogP contribution is -2.01. The maximum Gasteiger partial charge on any atom is 0.388 e. The van der Waals surface area contributed by atoms with Crippen molar-refractivity contribution in [3.63, 3.8) is 0 Å². The van der Waals surface area contributed by atoms with Crippen LogP contribution in [0.3, 0.4) is 0 Å². The summed E-state index contributed by atoms with van der Waals surface area (Å²) in [6, 6.07) is 3.66. The van der Waals surface area contributed by atoms with Gasteiger partial charge in [-0.3, -0.25) is 20.2 Å². The van der Waals surface area contributed by atoms with Gasteiger partial charge < -0.3 is 4.74 Å². The van der Waals surface area contributed by atoms with E-state index in [1.54, 1.807) is 6.07 Å². The van der Waals surface area contributed by atoms with Crippen molar-refractivity contribution < 1.29 is 14.6 Å². The highest BCUT2D eigenvalue weighted by atomic mass is 16.6. The Morgan fingerprint density at radius 2 is 1.94 bits per heavy atom. The molecular weight excluding hydrogens is 218 g/mol. The minimum Gasteiger partial charge on any atom is -0.489 e. The number of rotatable bonds is 3. The topological polar surface area (TPSA) is 119 Å². The van der Waals surface area contributed by atoms with Crippen LogP contribution in [-0.2, 0) is 0 Å². The maximum atomic E-state index is 10.7. The van der Waals surface area contributed by atoms with Crippen LogP contribution in [0.5, 0.6) is 5.75 Å². The first-order valence-electron chi connectivity index (χ1n) is 3.92. The molecule has 0 aliphatic carbocycles. The van der Waals surface area contributed by atoms with Gasteiger partial charge in [0, 0.05) is 6.07 Å². The second-order valence-electron chi connectivity index (χ2n) is 2.64. The van der Waals surface area contributed by atoms with Crippen LogP contribution in [0.15, 0.2) is 12.1 Å². The molecule has 8 nitrogen and oxygen atoms in total. The number of nitro groups is 2. The zero-order valence-corrected chi connectivity index (χ0v) is 8.04. The molecule has 0 unspecified atom stereocenters. The molecule has 82 valence electrons. The Bertz CT molecular complexity index is 505. The Hall–Kier alpha value is -2.69. The monoisotopic (exact) mass is 223 g/mol. The Morgan fingerprint density at radius 1 is 1.31 bits per heavy atom. The van der Waals surface area contributed by atoms with E-state index in [9.17, 15) is 20.2 Å². The van der Waals surface area contributed by atoms with Gasteiger partial charge in [0.2, 0.25) is 5.75 Å². The van der Waals surface area contributed by atoms with E-state index in [-0.39, 0.29) is 5.56 Å². The van der Waals surface area contributed by atoms with Crippen LogP contribution in [0.1, 0.15) is 5.56 Å². The molecule has 0 atom stereocenters. The Kier molecular flexibility index (Phi) is 3.00. The molecule has 8 heteroatoms. The van der Waals surface area contributed by atoms with Crippen molar-refractivity contribution in [1.82, 2.24) is 0 Å². The number of benzene rings is 1. The van der Waals surface area contributed by atoms with Gasteiger partial charge in [0.25, 0.3) is 0 Å². The molecule has 0 heterocycles. The minimum atomic E-state index is -0.947. The summed E-state index contributed by atoms with van der Waals surface area (Å²) in [6.07, 6.45) is 0.